The minimum Gasteiger partial charge on any atom is -0.508 e. The van der Waals surface area contributed by atoms with E-state index >= 15 is 0 Å². The van der Waals surface area contributed by atoms with Crippen molar-refractivity contribution in [2.24, 2.45) is 0 Å². The van der Waals surface area contributed by atoms with Gasteiger partial charge in [0.2, 0.25) is 11.8 Å². The van der Waals surface area contributed by atoms with Crippen LogP contribution in [-0.4, -0.2) is 78.0 Å². The molecule has 2 N–H and O–H groups in total. The first-order chi connectivity index (χ1) is 25.9. The molecule has 0 radical (unpaired) electrons. The van der Waals surface area contributed by atoms with E-state index in [9.17, 15) is 19.5 Å². The van der Waals surface area contributed by atoms with Gasteiger partial charge in [-0.25, -0.2) is 0 Å². The molecular weight excluding hydrogens is 665 g/mol. The van der Waals surface area contributed by atoms with Crippen LogP contribution in [0, 0.1) is 0 Å². The smallest absolute Gasteiger partial charge is 0.255 e. The Labute approximate surface area is 311 Å². The van der Waals surface area contributed by atoms with Gasteiger partial charge in [0.1, 0.15) is 17.5 Å². The minimum atomic E-state index is -0.611. The lowest BCUT2D eigenvalue weighted by molar-refractivity contribution is -0.136. The van der Waals surface area contributed by atoms with Crippen LogP contribution in [0.3, 0.4) is 0 Å². The molecule has 2 saturated heterocycles. The molecule has 2 fully saturated rings. The van der Waals surface area contributed by atoms with Crippen LogP contribution in [0.2, 0.25) is 0 Å². The highest BCUT2D eigenvalue weighted by atomic mass is 16.5. The third-order valence-corrected chi connectivity index (χ3v) is 10.7. The summed E-state index contributed by atoms with van der Waals surface area (Å²) in [5.74, 6) is 0.154. The number of nitrogens with one attached hydrogen (secondary N) is 1. The number of fused-ring (bicyclic) bond motifs is 1. The fourth-order valence-corrected chi connectivity index (χ4v) is 7.82. The van der Waals surface area contributed by atoms with Crippen molar-refractivity contribution in [3.05, 3.63) is 125 Å². The number of hydrogen-bond donors (Lipinski definition) is 2. The Hall–Kier alpha value is -5.41. The fraction of sp³-hybridized carbons (Fsp3) is 0.341. The second kappa shape index (κ2) is 16.5. The zero-order valence-corrected chi connectivity index (χ0v) is 30.4. The molecule has 9 heteroatoms. The lowest BCUT2D eigenvalue weighted by Gasteiger charge is -2.36. The topological polar surface area (TPSA) is 102 Å². The van der Waals surface area contributed by atoms with Crippen LogP contribution < -0.4 is 15.0 Å². The quantitative estimate of drug-likeness (QED) is 0.0885. The van der Waals surface area contributed by atoms with E-state index in [1.807, 2.05) is 30.3 Å². The molecule has 53 heavy (non-hydrogen) atoms. The summed E-state index contributed by atoms with van der Waals surface area (Å²) in [6, 6.07) is 32.0. The van der Waals surface area contributed by atoms with E-state index in [1.54, 1.807) is 23.1 Å². The molecule has 4 aromatic rings. The average Bonchev–Trinajstić information content (AvgIpc) is 3.51. The number of hydrogen-bond acceptors (Lipinski definition) is 7. The summed E-state index contributed by atoms with van der Waals surface area (Å²) in [6.07, 6.45) is 4.64. The van der Waals surface area contributed by atoms with Gasteiger partial charge in [-0.15, -0.1) is 0 Å². The number of phenols is 1. The number of phenolic OH excluding ortho intramolecular Hbond substituents is 1. The third kappa shape index (κ3) is 8.31. The predicted octanol–water partition coefficient (Wildman–Crippen LogP) is 6.89. The van der Waals surface area contributed by atoms with Crippen molar-refractivity contribution in [1.29, 1.82) is 0 Å². The van der Waals surface area contributed by atoms with Crippen molar-refractivity contribution < 1.29 is 24.2 Å². The van der Waals surface area contributed by atoms with Crippen LogP contribution in [0.1, 0.15) is 78.1 Å². The summed E-state index contributed by atoms with van der Waals surface area (Å²) in [7, 11) is 0. The number of nitrogens with zero attached hydrogens (tertiary/aromatic N) is 3. The van der Waals surface area contributed by atoms with E-state index in [-0.39, 0.29) is 24.0 Å². The molecule has 1 unspecified atom stereocenters. The lowest BCUT2D eigenvalue weighted by atomic mass is 9.88. The van der Waals surface area contributed by atoms with Gasteiger partial charge in [0.25, 0.3) is 5.91 Å². The SMILES string of the molecule is CC/C(=C(\c1ccc(O)cc1)c1ccc(N2CCN(CCCCCOc3ccc4c(c3)CN(C3CCC(=O)NC3=O)C4=O)CC2)cc1)c1ccccc1. The number of ether oxygens (including phenoxy) is 1. The summed E-state index contributed by atoms with van der Waals surface area (Å²) in [5, 5.41) is 12.3. The molecule has 0 saturated carbocycles. The number of piperazine rings is 1. The standard InChI is InChI=1S/C44H48N4O5/c1-2-38(31-9-5-3-6-10-31)42(33-13-17-36(49)18-14-33)32-11-15-35(16-12-32)47-26-24-46(25-27-47)23-7-4-8-28-53-37-19-20-39-34(29-37)30-48(44(39)52)40-21-22-41(50)45-43(40)51/h3,5-6,9-20,29,40,49H,2,4,7-8,21-28,30H2,1H3,(H,45,50,51)/b42-38+. The first-order valence-electron chi connectivity index (χ1n) is 18.9. The van der Waals surface area contributed by atoms with E-state index < -0.39 is 11.9 Å². The van der Waals surface area contributed by atoms with Crippen LogP contribution in [0.25, 0.3) is 11.1 Å². The zero-order valence-electron chi connectivity index (χ0n) is 30.4. The highest BCUT2D eigenvalue weighted by Crippen LogP contribution is 2.36. The van der Waals surface area contributed by atoms with Crippen LogP contribution in [0.5, 0.6) is 11.5 Å². The van der Waals surface area contributed by atoms with Crippen LogP contribution in [-0.2, 0) is 16.1 Å². The monoisotopic (exact) mass is 712 g/mol. The molecule has 0 spiro atoms. The Morgan fingerprint density at radius 1 is 0.811 bits per heavy atom. The van der Waals surface area contributed by atoms with Gasteiger partial charge in [-0.2, -0.15) is 0 Å². The largest absolute Gasteiger partial charge is 0.508 e. The molecule has 3 aliphatic rings. The van der Waals surface area contributed by atoms with Gasteiger partial charge in [0.05, 0.1) is 6.61 Å². The average molecular weight is 713 g/mol. The number of rotatable bonds is 13. The maximum Gasteiger partial charge on any atom is 0.255 e. The molecule has 0 aromatic heterocycles. The van der Waals surface area contributed by atoms with Gasteiger partial charge >= 0.3 is 0 Å². The molecule has 7 rings (SSSR count). The second-order valence-corrected chi connectivity index (χ2v) is 14.1. The molecule has 9 nitrogen and oxygen atoms in total. The third-order valence-electron chi connectivity index (χ3n) is 10.7. The Balaban J connectivity index is 0.860. The van der Waals surface area contributed by atoms with Crippen LogP contribution in [0.4, 0.5) is 5.69 Å². The van der Waals surface area contributed by atoms with Crippen LogP contribution in [0.15, 0.2) is 97.1 Å². The second-order valence-electron chi connectivity index (χ2n) is 14.1. The van der Waals surface area contributed by atoms with Gasteiger partial charge in [-0.05, 0) is 115 Å². The Kier molecular flexibility index (Phi) is 11.2. The normalized spacial score (nSPS) is 18.1. The number of imide groups is 1. The lowest BCUT2D eigenvalue weighted by Crippen LogP contribution is -2.52. The van der Waals surface area contributed by atoms with Crippen molar-refractivity contribution in [1.82, 2.24) is 15.1 Å². The summed E-state index contributed by atoms with van der Waals surface area (Å²) in [4.78, 5) is 43.4. The molecule has 0 bridgehead atoms. The van der Waals surface area contributed by atoms with Gasteiger partial charge in [0, 0.05) is 50.4 Å². The number of unbranched alkanes of at least 4 members (excludes halogenated alkanes) is 2. The summed E-state index contributed by atoms with van der Waals surface area (Å²) < 4.78 is 6.05. The van der Waals surface area contributed by atoms with E-state index in [0.29, 0.717) is 25.1 Å². The van der Waals surface area contributed by atoms with E-state index in [2.05, 4.69) is 70.6 Å². The fourth-order valence-electron chi connectivity index (χ4n) is 7.82. The van der Waals surface area contributed by atoms with Gasteiger partial charge in [-0.3, -0.25) is 24.6 Å². The number of aromatic hydroxyl groups is 1. The molecule has 274 valence electrons. The molecule has 3 amide bonds. The highest BCUT2D eigenvalue weighted by Gasteiger charge is 2.39. The molecule has 4 aromatic carbocycles. The van der Waals surface area contributed by atoms with Crippen molar-refractivity contribution in [2.75, 3.05) is 44.2 Å². The number of carbonyl (C=O) groups is 3. The summed E-state index contributed by atoms with van der Waals surface area (Å²) >= 11 is 0. The van der Waals surface area contributed by atoms with Crippen molar-refractivity contribution in [3.8, 4) is 11.5 Å². The molecule has 3 heterocycles. The Morgan fingerprint density at radius 2 is 1.53 bits per heavy atom. The number of carbonyl (C=O) groups excluding carboxylic acids is 3. The number of allylic oxidation sites excluding steroid dienone is 1. The summed E-state index contributed by atoms with van der Waals surface area (Å²) in [6.45, 7) is 8.30. The van der Waals surface area contributed by atoms with E-state index in [4.69, 9.17) is 4.74 Å². The Bertz CT molecular complexity index is 1950. The number of amides is 3. The summed E-state index contributed by atoms with van der Waals surface area (Å²) in [5.41, 5.74) is 8.66. The van der Waals surface area contributed by atoms with Crippen LogP contribution >= 0.6 is 0 Å². The predicted molar refractivity (Wildman–Crippen MR) is 208 cm³/mol. The van der Waals surface area contributed by atoms with Gasteiger partial charge in [-0.1, -0.05) is 61.5 Å². The maximum atomic E-state index is 13.0. The number of piperidine rings is 1. The zero-order chi connectivity index (χ0) is 36.7. The molecule has 3 aliphatic heterocycles. The maximum absolute atomic E-state index is 13.0. The number of benzene rings is 4. The molecule has 1 atom stereocenters. The van der Waals surface area contributed by atoms with Crippen molar-refractivity contribution >= 4 is 34.6 Å². The van der Waals surface area contributed by atoms with E-state index in [1.165, 1.54) is 28.0 Å². The van der Waals surface area contributed by atoms with Gasteiger partial charge < -0.3 is 19.6 Å². The van der Waals surface area contributed by atoms with E-state index in [0.717, 1.165) is 75.3 Å². The molecule has 0 aliphatic carbocycles. The minimum absolute atomic E-state index is 0.169. The Morgan fingerprint density at radius 3 is 2.23 bits per heavy atom. The highest BCUT2D eigenvalue weighted by molar-refractivity contribution is 6.05. The van der Waals surface area contributed by atoms with Gasteiger partial charge in [0.15, 0.2) is 0 Å². The first kappa shape index (κ1) is 36.0. The number of anilines is 1. The molecular formula is C44H48N4O5. The van der Waals surface area contributed by atoms with Crippen molar-refractivity contribution in [3.63, 3.8) is 0 Å². The van der Waals surface area contributed by atoms with Crippen molar-refractivity contribution in [2.45, 2.75) is 58.0 Å². The first-order valence-corrected chi connectivity index (χ1v) is 18.9.